The maximum Gasteiger partial charge on any atom is 0.133 e. The molecule has 0 atom stereocenters. The number of aryl methyl sites for hydroxylation is 1. The van der Waals surface area contributed by atoms with Crippen LogP contribution in [0.2, 0.25) is 0 Å². The van der Waals surface area contributed by atoms with Crippen molar-refractivity contribution in [3.63, 3.8) is 0 Å². The minimum absolute atomic E-state index is 0.531. The quantitative estimate of drug-likeness (QED) is 0.739. The van der Waals surface area contributed by atoms with E-state index in [1.807, 2.05) is 31.2 Å². The van der Waals surface area contributed by atoms with Gasteiger partial charge in [-0.25, -0.2) is 4.98 Å². The first kappa shape index (κ1) is 8.69. The molecule has 0 amide bonds. The summed E-state index contributed by atoms with van der Waals surface area (Å²) in [5.41, 5.74) is 8.69. The van der Waals surface area contributed by atoms with Gasteiger partial charge in [0, 0.05) is 18.0 Å². The molecule has 0 unspecified atom stereocenters. The molecule has 0 saturated heterocycles. The molecule has 2 aromatic heterocycles. The van der Waals surface area contributed by atoms with Gasteiger partial charge in [0.1, 0.15) is 5.82 Å². The molecule has 0 fully saturated rings. The van der Waals surface area contributed by atoms with Crippen LogP contribution >= 0.6 is 0 Å². The van der Waals surface area contributed by atoms with Gasteiger partial charge in [-0.3, -0.25) is 4.98 Å². The van der Waals surface area contributed by atoms with Gasteiger partial charge in [0.05, 0.1) is 5.69 Å². The molecule has 0 aliphatic heterocycles. The van der Waals surface area contributed by atoms with Crippen LogP contribution in [-0.4, -0.2) is 9.97 Å². The van der Waals surface area contributed by atoms with E-state index in [-0.39, 0.29) is 0 Å². The summed E-state index contributed by atoms with van der Waals surface area (Å²) in [6.07, 6.45) is 3.46. The van der Waals surface area contributed by atoms with Gasteiger partial charge in [-0.2, -0.15) is 0 Å². The van der Waals surface area contributed by atoms with Crippen molar-refractivity contribution in [1.82, 2.24) is 9.97 Å². The minimum atomic E-state index is 0.531. The Balaban J connectivity index is 2.63. The normalized spacial score (nSPS) is 10.1. The molecule has 0 saturated carbocycles. The topological polar surface area (TPSA) is 51.8 Å². The first-order valence-corrected chi connectivity index (χ1v) is 4.41. The summed E-state index contributed by atoms with van der Waals surface area (Å²) in [5, 5.41) is 0. The van der Waals surface area contributed by atoms with Gasteiger partial charge >= 0.3 is 0 Å². The Kier molecular flexibility index (Phi) is 2.14. The highest BCUT2D eigenvalue weighted by molar-refractivity contribution is 5.73. The first-order valence-electron chi connectivity index (χ1n) is 4.41. The van der Waals surface area contributed by atoms with E-state index in [2.05, 4.69) is 9.97 Å². The van der Waals surface area contributed by atoms with Gasteiger partial charge in [-0.1, -0.05) is 6.07 Å². The highest BCUT2D eigenvalue weighted by atomic mass is 14.8. The van der Waals surface area contributed by atoms with E-state index in [1.165, 1.54) is 0 Å². The largest absolute Gasteiger partial charge is 0.383 e. The Morgan fingerprint density at radius 2 is 1.93 bits per heavy atom. The fourth-order valence-corrected chi connectivity index (χ4v) is 1.42. The average molecular weight is 185 g/mol. The van der Waals surface area contributed by atoms with E-state index >= 15 is 0 Å². The number of nitrogens with two attached hydrogens (primary N) is 1. The SMILES string of the molecule is Cc1ccnc(N)c1-c1ccccn1. The van der Waals surface area contributed by atoms with Crippen LogP contribution in [0.15, 0.2) is 36.7 Å². The molecule has 2 aromatic rings. The van der Waals surface area contributed by atoms with E-state index < -0.39 is 0 Å². The summed E-state index contributed by atoms with van der Waals surface area (Å²) >= 11 is 0. The van der Waals surface area contributed by atoms with Crippen molar-refractivity contribution in [2.45, 2.75) is 6.92 Å². The van der Waals surface area contributed by atoms with Gasteiger partial charge in [0.25, 0.3) is 0 Å². The lowest BCUT2D eigenvalue weighted by Gasteiger charge is -2.06. The third-order valence-electron chi connectivity index (χ3n) is 2.11. The molecule has 14 heavy (non-hydrogen) atoms. The highest BCUT2D eigenvalue weighted by Gasteiger charge is 2.06. The van der Waals surface area contributed by atoms with Crippen molar-refractivity contribution >= 4 is 5.82 Å². The number of hydrogen-bond acceptors (Lipinski definition) is 3. The number of rotatable bonds is 1. The molecule has 0 aliphatic carbocycles. The van der Waals surface area contributed by atoms with Crippen LogP contribution in [0.25, 0.3) is 11.3 Å². The standard InChI is InChI=1S/C11H11N3/c1-8-5-7-14-11(12)10(8)9-4-2-3-6-13-9/h2-7H,1H3,(H2,12,14). The number of nitrogens with zero attached hydrogens (tertiary/aromatic N) is 2. The fourth-order valence-electron chi connectivity index (χ4n) is 1.42. The number of aromatic nitrogens is 2. The second kappa shape index (κ2) is 3.46. The number of nitrogen functional groups attached to an aromatic ring is 1. The summed E-state index contributed by atoms with van der Waals surface area (Å²) in [4.78, 5) is 8.30. The Morgan fingerprint density at radius 1 is 1.07 bits per heavy atom. The average Bonchev–Trinajstić information content (AvgIpc) is 2.19. The summed E-state index contributed by atoms with van der Waals surface area (Å²) in [6.45, 7) is 2.00. The predicted molar refractivity (Wildman–Crippen MR) is 56.6 cm³/mol. The second-order valence-electron chi connectivity index (χ2n) is 3.10. The predicted octanol–water partition coefficient (Wildman–Crippen LogP) is 2.03. The third kappa shape index (κ3) is 1.44. The second-order valence-corrected chi connectivity index (χ2v) is 3.10. The maximum atomic E-state index is 5.80. The summed E-state index contributed by atoms with van der Waals surface area (Å²) in [5.74, 6) is 0.531. The lowest BCUT2D eigenvalue weighted by atomic mass is 10.1. The van der Waals surface area contributed by atoms with Crippen LogP contribution in [0.3, 0.4) is 0 Å². The lowest BCUT2D eigenvalue weighted by molar-refractivity contribution is 1.25. The molecule has 2 N–H and O–H groups in total. The van der Waals surface area contributed by atoms with Crippen molar-refractivity contribution < 1.29 is 0 Å². The Morgan fingerprint density at radius 3 is 2.57 bits per heavy atom. The van der Waals surface area contributed by atoms with E-state index in [0.29, 0.717) is 5.82 Å². The number of anilines is 1. The fraction of sp³-hybridized carbons (Fsp3) is 0.0909. The van der Waals surface area contributed by atoms with Crippen LogP contribution in [0.1, 0.15) is 5.56 Å². The van der Waals surface area contributed by atoms with Crippen LogP contribution < -0.4 is 5.73 Å². The van der Waals surface area contributed by atoms with Crippen molar-refractivity contribution in [3.8, 4) is 11.3 Å². The Labute approximate surface area is 82.6 Å². The van der Waals surface area contributed by atoms with Crippen LogP contribution in [0.4, 0.5) is 5.82 Å². The minimum Gasteiger partial charge on any atom is -0.383 e. The third-order valence-corrected chi connectivity index (χ3v) is 2.11. The molecule has 0 aromatic carbocycles. The number of pyridine rings is 2. The highest BCUT2D eigenvalue weighted by Crippen LogP contribution is 2.25. The smallest absolute Gasteiger partial charge is 0.133 e. The zero-order valence-corrected chi connectivity index (χ0v) is 7.94. The van der Waals surface area contributed by atoms with Crippen LogP contribution in [0, 0.1) is 6.92 Å². The molecule has 2 heterocycles. The Hall–Kier alpha value is -1.90. The van der Waals surface area contributed by atoms with Crippen molar-refractivity contribution in [2.75, 3.05) is 5.73 Å². The Bertz CT molecular complexity index is 417. The molecule has 0 radical (unpaired) electrons. The molecule has 2 rings (SSSR count). The number of hydrogen-bond donors (Lipinski definition) is 1. The first-order chi connectivity index (χ1) is 6.79. The van der Waals surface area contributed by atoms with Crippen LogP contribution in [-0.2, 0) is 0 Å². The monoisotopic (exact) mass is 185 g/mol. The molecule has 0 bridgehead atoms. The van der Waals surface area contributed by atoms with Gasteiger partial charge in [-0.05, 0) is 30.7 Å². The van der Waals surface area contributed by atoms with Gasteiger partial charge < -0.3 is 5.73 Å². The van der Waals surface area contributed by atoms with Gasteiger partial charge in [0.15, 0.2) is 0 Å². The zero-order chi connectivity index (χ0) is 9.97. The van der Waals surface area contributed by atoms with E-state index in [4.69, 9.17) is 5.73 Å². The molecule has 3 nitrogen and oxygen atoms in total. The van der Waals surface area contributed by atoms with Crippen molar-refractivity contribution in [1.29, 1.82) is 0 Å². The van der Waals surface area contributed by atoms with E-state index in [9.17, 15) is 0 Å². The molecular weight excluding hydrogens is 174 g/mol. The molecular formula is C11H11N3. The lowest BCUT2D eigenvalue weighted by Crippen LogP contribution is -1.97. The van der Waals surface area contributed by atoms with Crippen LogP contribution in [0.5, 0.6) is 0 Å². The molecule has 0 spiro atoms. The zero-order valence-electron chi connectivity index (χ0n) is 7.94. The van der Waals surface area contributed by atoms with E-state index in [1.54, 1.807) is 12.4 Å². The summed E-state index contributed by atoms with van der Waals surface area (Å²) < 4.78 is 0. The van der Waals surface area contributed by atoms with Gasteiger partial charge in [-0.15, -0.1) is 0 Å². The molecule has 3 heteroatoms. The molecule has 70 valence electrons. The van der Waals surface area contributed by atoms with Crippen molar-refractivity contribution in [2.24, 2.45) is 0 Å². The van der Waals surface area contributed by atoms with Crippen molar-refractivity contribution in [3.05, 3.63) is 42.2 Å². The summed E-state index contributed by atoms with van der Waals surface area (Å²) in [6, 6.07) is 7.68. The maximum absolute atomic E-state index is 5.80. The van der Waals surface area contributed by atoms with E-state index in [0.717, 1.165) is 16.8 Å². The van der Waals surface area contributed by atoms with Gasteiger partial charge in [0.2, 0.25) is 0 Å². The molecule has 0 aliphatic rings. The summed E-state index contributed by atoms with van der Waals surface area (Å²) in [7, 11) is 0.